The molecule has 0 saturated heterocycles. The van der Waals surface area contributed by atoms with Gasteiger partial charge in [-0.1, -0.05) is 24.3 Å². The van der Waals surface area contributed by atoms with Crippen LogP contribution in [-0.2, 0) is 10.8 Å². The third kappa shape index (κ3) is 1.36. The van der Waals surface area contributed by atoms with E-state index in [1.807, 2.05) is 36.4 Å². The van der Waals surface area contributed by atoms with E-state index in [1.54, 1.807) is 6.08 Å². The van der Waals surface area contributed by atoms with Gasteiger partial charge in [0.1, 0.15) is 5.76 Å². The Morgan fingerprint density at radius 3 is 2.56 bits per heavy atom. The molecule has 1 heterocycles. The fourth-order valence-corrected chi connectivity index (χ4v) is 3.12. The van der Waals surface area contributed by atoms with Crippen LogP contribution in [0.25, 0.3) is 16.5 Å². The molecule has 1 unspecified atom stereocenters. The first-order valence-electron chi connectivity index (χ1n) is 5.06. The largest absolute Gasteiger partial charge is 0.508 e. The number of hydrogen-bond acceptors (Lipinski definition) is 2. The zero-order valence-corrected chi connectivity index (χ0v) is 9.33. The van der Waals surface area contributed by atoms with Crippen molar-refractivity contribution in [2.45, 2.75) is 4.90 Å². The van der Waals surface area contributed by atoms with Crippen molar-refractivity contribution in [1.82, 2.24) is 0 Å². The van der Waals surface area contributed by atoms with Gasteiger partial charge in [-0.3, -0.25) is 4.21 Å². The molecule has 1 aliphatic rings. The Hall–Kier alpha value is -1.61. The topological polar surface area (TPSA) is 37.3 Å². The summed E-state index contributed by atoms with van der Waals surface area (Å²) in [6.07, 6.45) is 1.62. The van der Waals surface area contributed by atoms with Crippen LogP contribution >= 0.6 is 0 Å². The summed E-state index contributed by atoms with van der Waals surface area (Å²) in [4.78, 5) is 0.735. The van der Waals surface area contributed by atoms with Crippen molar-refractivity contribution < 1.29 is 9.32 Å². The third-order valence-electron chi connectivity index (χ3n) is 2.80. The summed E-state index contributed by atoms with van der Waals surface area (Å²) in [6, 6.07) is 11.7. The highest BCUT2D eigenvalue weighted by Crippen LogP contribution is 2.29. The Kier molecular flexibility index (Phi) is 2.07. The Bertz CT molecular complexity index is 629. The van der Waals surface area contributed by atoms with Crippen LogP contribution in [0.3, 0.4) is 0 Å². The van der Waals surface area contributed by atoms with Crippen LogP contribution in [0, 0.1) is 0 Å². The molecular weight excluding hydrogens is 220 g/mol. The molecule has 80 valence electrons. The van der Waals surface area contributed by atoms with Crippen molar-refractivity contribution in [1.29, 1.82) is 0 Å². The molecule has 0 spiro atoms. The lowest BCUT2D eigenvalue weighted by Gasteiger charge is -2.14. The number of aliphatic hydroxyl groups excluding tert-OH is 1. The van der Waals surface area contributed by atoms with Crippen molar-refractivity contribution in [3.63, 3.8) is 0 Å². The summed E-state index contributed by atoms with van der Waals surface area (Å²) in [5.41, 5.74) is 0.697. The first kappa shape index (κ1) is 9.60. The van der Waals surface area contributed by atoms with Crippen LogP contribution < -0.4 is 0 Å². The highest BCUT2D eigenvalue weighted by Gasteiger charge is 2.18. The molecule has 0 aliphatic carbocycles. The third-order valence-corrected chi connectivity index (χ3v) is 4.09. The lowest BCUT2D eigenvalue weighted by Crippen LogP contribution is -2.06. The van der Waals surface area contributed by atoms with Gasteiger partial charge in [-0.2, -0.15) is 0 Å². The van der Waals surface area contributed by atoms with Crippen LogP contribution in [0.4, 0.5) is 0 Å². The molecule has 0 amide bonds. The van der Waals surface area contributed by atoms with E-state index in [2.05, 4.69) is 0 Å². The first-order valence-corrected chi connectivity index (χ1v) is 6.38. The monoisotopic (exact) mass is 230 g/mol. The van der Waals surface area contributed by atoms with Gasteiger partial charge in [0.05, 0.1) is 21.4 Å². The standard InChI is InChI=1S/C13H10O2S/c14-12-5-6-16(15)13-8-10-4-2-1-3-9(10)7-11(12)13/h1-5,7-8,14H,6H2. The Labute approximate surface area is 95.7 Å². The van der Waals surface area contributed by atoms with Crippen LogP contribution in [-0.4, -0.2) is 15.1 Å². The highest BCUT2D eigenvalue weighted by molar-refractivity contribution is 7.85. The summed E-state index contributed by atoms with van der Waals surface area (Å²) in [7, 11) is -1.03. The van der Waals surface area contributed by atoms with Crippen molar-refractivity contribution in [2.75, 3.05) is 5.75 Å². The zero-order valence-electron chi connectivity index (χ0n) is 8.51. The van der Waals surface area contributed by atoms with E-state index < -0.39 is 10.8 Å². The maximum Gasteiger partial charge on any atom is 0.120 e. The van der Waals surface area contributed by atoms with E-state index in [4.69, 9.17) is 0 Å². The molecule has 0 fully saturated rings. The zero-order chi connectivity index (χ0) is 11.1. The summed E-state index contributed by atoms with van der Waals surface area (Å²) in [6.45, 7) is 0. The maximum absolute atomic E-state index is 11.8. The van der Waals surface area contributed by atoms with Crippen molar-refractivity contribution in [3.8, 4) is 0 Å². The number of fused-ring (bicyclic) bond motifs is 2. The SMILES string of the molecule is O=S1CC=C(O)c2cc3ccccc3cc21. The Morgan fingerprint density at radius 2 is 1.81 bits per heavy atom. The molecular formula is C13H10O2S. The fourth-order valence-electron chi connectivity index (χ4n) is 1.96. The predicted molar refractivity (Wildman–Crippen MR) is 65.8 cm³/mol. The van der Waals surface area contributed by atoms with Crippen molar-refractivity contribution in [2.24, 2.45) is 0 Å². The average molecular weight is 230 g/mol. The lowest BCUT2D eigenvalue weighted by atomic mass is 10.1. The minimum atomic E-state index is -1.03. The molecule has 0 aromatic heterocycles. The molecule has 3 heteroatoms. The van der Waals surface area contributed by atoms with E-state index in [0.29, 0.717) is 11.3 Å². The molecule has 2 nitrogen and oxygen atoms in total. The van der Waals surface area contributed by atoms with E-state index in [-0.39, 0.29) is 5.76 Å². The van der Waals surface area contributed by atoms with Gasteiger partial charge < -0.3 is 5.11 Å². The van der Waals surface area contributed by atoms with Crippen LogP contribution in [0.5, 0.6) is 0 Å². The summed E-state index contributed by atoms with van der Waals surface area (Å²) in [5.74, 6) is 0.636. The van der Waals surface area contributed by atoms with Crippen molar-refractivity contribution >= 4 is 27.3 Å². The van der Waals surface area contributed by atoms with Gasteiger partial charge in [0.15, 0.2) is 0 Å². The number of hydrogen-bond donors (Lipinski definition) is 1. The molecule has 16 heavy (non-hydrogen) atoms. The van der Waals surface area contributed by atoms with E-state index in [1.165, 1.54) is 0 Å². The Balaban J connectivity index is 2.39. The van der Waals surface area contributed by atoms with Gasteiger partial charge in [0.25, 0.3) is 0 Å². The molecule has 2 aromatic carbocycles. The van der Waals surface area contributed by atoms with Gasteiger partial charge in [-0.15, -0.1) is 0 Å². The molecule has 0 bridgehead atoms. The smallest absolute Gasteiger partial charge is 0.120 e. The number of aliphatic hydroxyl groups is 1. The van der Waals surface area contributed by atoms with Gasteiger partial charge >= 0.3 is 0 Å². The average Bonchev–Trinajstić information content (AvgIpc) is 2.32. The normalized spacial score (nSPS) is 19.2. The molecule has 0 radical (unpaired) electrons. The summed E-state index contributed by atoms with van der Waals surface area (Å²) >= 11 is 0. The first-order chi connectivity index (χ1) is 7.75. The second-order valence-corrected chi connectivity index (χ2v) is 5.26. The number of rotatable bonds is 0. The molecule has 0 saturated carbocycles. The molecule has 1 atom stereocenters. The second kappa shape index (κ2) is 3.46. The Morgan fingerprint density at radius 1 is 1.12 bits per heavy atom. The number of benzene rings is 2. The lowest BCUT2D eigenvalue weighted by molar-refractivity contribution is 0.508. The van der Waals surface area contributed by atoms with Crippen molar-refractivity contribution in [3.05, 3.63) is 48.0 Å². The van der Waals surface area contributed by atoms with E-state index >= 15 is 0 Å². The summed E-state index contributed by atoms with van der Waals surface area (Å²) < 4.78 is 11.8. The van der Waals surface area contributed by atoms with Gasteiger partial charge in [-0.05, 0) is 29.0 Å². The molecule has 2 aromatic rings. The highest BCUT2D eigenvalue weighted by atomic mass is 32.2. The quantitative estimate of drug-likeness (QED) is 0.755. The van der Waals surface area contributed by atoms with Crippen LogP contribution in [0.2, 0.25) is 0 Å². The van der Waals surface area contributed by atoms with Gasteiger partial charge in [-0.25, -0.2) is 0 Å². The minimum absolute atomic E-state index is 0.236. The van der Waals surface area contributed by atoms with E-state index in [0.717, 1.165) is 15.7 Å². The van der Waals surface area contributed by atoms with E-state index in [9.17, 15) is 9.32 Å². The fraction of sp³-hybridized carbons (Fsp3) is 0.0769. The molecule has 1 aliphatic heterocycles. The predicted octanol–water partition coefficient (Wildman–Crippen LogP) is 2.86. The summed E-state index contributed by atoms with van der Waals surface area (Å²) in [5, 5.41) is 11.9. The molecule has 1 N–H and O–H groups in total. The van der Waals surface area contributed by atoms with Gasteiger partial charge in [0.2, 0.25) is 0 Å². The molecule has 3 rings (SSSR count). The second-order valence-electron chi connectivity index (χ2n) is 3.80. The minimum Gasteiger partial charge on any atom is -0.508 e. The van der Waals surface area contributed by atoms with Gasteiger partial charge in [0, 0.05) is 5.56 Å². The van der Waals surface area contributed by atoms with Crippen LogP contribution in [0.15, 0.2) is 47.4 Å². The van der Waals surface area contributed by atoms with Crippen LogP contribution in [0.1, 0.15) is 5.56 Å². The maximum atomic E-state index is 11.8.